The fourth-order valence-corrected chi connectivity index (χ4v) is 4.27. The van der Waals surface area contributed by atoms with Crippen LogP contribution in [0.5, 0.6) is 0 Å². The molecule has 1 aliphatic heterocycles. The van der Waals surface area contributed by atoms with Crippen molar-refractivity contribution in [3.05, 3.63) is 59.9 Å². The molecule has 2 N–H and O–H groups in total. The van der Waals surface area contributed by atoms with Crippen molar-refractivity contribution in [3.8, 4) is 11.3 Å². The molecule has 6 heteroatoms. The molecule has 31 heavy (non-hydrogen) atoms. The van der Waals surface area contributed by atoms with Gasteiger partial charge in [-0.2, -0.15) is 0 Å². The molecule has 3 aromatic rings. The van der Waals surface area contributed by atoms with Crippen LogP contribution in [0.3, 0.4) is 0 Å². The molecule has 0 aliphatic carbocycles. The average Bonchev–Trinajstić information content (AvgIpc) is 3.16. The van der Waals surface area contributed by atoms with Gasteiger partial charge in [-0.3, -0.25) is 9.59 Å². The standard InChI is InChI=1S/C25H28FN3O2/c26-19-9-11-22-21(17-19)20(25(28-22)18-7-3-1-4-8-18)10-12-23(30)27-14-13-24(31)29-15-5-2-6-16-29/h1,3-4,7-9,11,17,28H,2,5-6,10,12-16H2,(H,27,30). The predicted octanol–water partition coefficient (Wildman–Crippen LogP) is 4.43. The fourth-order valence-electron chi connectivity index (χ4n) is 4.27. The third kappa shape index (κ3) is 5.13. The molecule has 0 saturated carbocycles. The molecule has 162 valence electrons. The topological polar surface area (TPSA) is 65.2 Å². The average molecular weight is 422 g/mol. The van der Waals surface area contributed by atoms with Crippen LogP contribution in [-0.4, -0.2) is 41.3 Å². The van der Waals surface area contributed by atoms with Gasteiger partial charge in [0.2, 0.25) is 11.8 Å². The normalized spacial score (nSPS) is 14.0. The SMILES string of the molecule is O=C(CCc1c(-c2ccccc2)[nH]c2ccc(F)cc12)NCCC(=O)N1CCCCC1. The number of hydrogen-bond donors (Lipinski definition) is 2. The predicted molar refractivity (Wildman–Crippen MR) is 120 cm³/mol. The molecular formula is C25H28FN3O2. The lowest BCUT2D eigenvalue weighted by molar-refractivity contribution is -0.132. The summed E-state index contributed by atoms with van der Waals surface area (Å²) in [4.78, 5) is 29.9. The van der Waals surface area contributed by atoms with Crippen molar-refractivity contribution in [1.29, 1.82) is 0 Å². The number of likely N-dealkylation sites (tertiary alicyclic amines) is 1. The van der Waals surface area contributed by atoms with Crippen molar-refractivity contribution < 1.29 is 14.0 Å². The van der Waals surface area contributed by atoms with Crippen LogP contribution in [0.1, 0.15) is 37.7 Å². The lowest BCUT2D eigenvalue weighted by Crippen LogP contribution is -2.37. The van der Waals surface area contributed by atoms with Crippen molar-refractivity contribution in [2.24, 2.45) is 0 Å². The summed E-state index contributed by atoms with van der Waals surface area (Å²) in [5.74, 6) is -0.289. The van der Waals surface area contributed by atoms with Crippen LogP contribution < -0.4 is 5.32 Å². The van der Waals surface area contributed by atoms with E-state index in [9.17, 15) is 14.0 Å². The van der Waals surface area contributed by atoms with Crippen LogP contribution in [0.15, 0.2) is 48.5 Å². The van der Waals surface area contributed by atoms with Gasteiger partial charge in [0.1, 0.15) is 5.82 Å². The third-order valence-electron chi connectivity index (χ3n) is 5.90. The molecule has 1 fully saturated rings. The second-order valence-electron chi connectivity index (χ2n) is 8.08. The minimum atomic E-state index is -0.298. The van der Waals surface area contributed by atoms with Gasteiger partial charge in [-0.25, -0.2) is 4.39 Å². The van der Waals surface area contributed by atoms with E-state index in [1.54, 1.807) is 6.07 Å². The number of carbonyl (C=O) groups is 2. The summed E-state index contributed by atoms with van der Waals surface area (Å²) in [5, 5.41) is 3.66. The number of benzene rings is 2. The molecule has 0 bridgehead atoms. The Balaban J connectivity index is 1.39. The van der Waals surface area contributed by atoms with Crippen LogP contribution in [0, 0.1) is 5.82 Å². The Morgan fingerprint density at radius 2 is 1.77 bits per heavy atom. The Labute approximate surface area is 181 Å². The number of amides is 2. The molecule has 1 saturated heterocycles. The summed E-state index contributed by atoms with van der Waals surface area (Å²) in [6.45, 7) is 2.00. The first-order valence-electron chi connectivity index (χ1n) is 11.0. The number of carbonyl (C=O) groups excluding carboxylic acids is 2. The lowest BCUT2D eigenvalue weighted by Gasteiger charge is -2.26. The van der Waals surface area contributed by atoms with Crippen molar-refractivity contribution in [1.82, 2.24) is 15.2 Å². The highest BCUT2D eigenvalue weighted by atomic mass is 19.1. The van der Waals surface area contributed by atoms with E-state index in [4.69, 9.17) is 0 Å². The van der Waals surface area contributed by atoms with E-state index >= 15 is 0 Å². The van der Waals surface area contributed by atoms with Gasteiger partial charge >= 0.3 is 0 Å². The zero-order valence-corrected chi connectivity index (χ0v) is 17.6. The van der Waals surface area contributed by atoms with Gasteiger partial charge in [-0.15, -0.1) is 0 Å². The molecule has 0 radical (unpaired) electrons. The molecule has 2 aromatic carbocycles. The van der Waals surface area contributed by atoms with Crippen molar-refractivity contribution >= 4 is 22.7 Å². The van der Waals surface area contributed by atoms with E-state index < -0.39 is 0 Å². The van der Waals surface area contributed by atoms with Gasteiger partial charge in [0.25, 0.3) is 0 Å². The maximum atomic E-state index is 13.9. The zero-order chi connectivity index (χ0) is 21.6. The summed E-state index contributed by atoms with van der Waals surface area (Å²) in [7, 11) is 0. The number of halogens is 1. The molecule has 1 aliphatic rings. The molecule has 2 heterocycles. The van der Waals surface area contributed by atoms with Gasteiger partial charge in [-0.1, -0.05) is 30.3 Å². The number of H-pyrrole nitrogens is 1. The maximum absolute atomic E-state index is 13.9. The number of rotatable bonds is 7. The van der Waals surface area contributed by atoms with E-state index in [0.29, 0.717) is 19.4 Å². The monoisotopic (exact) mass is 421 g/mol. The lowest BCUT2D eigenvalue weighted by atomic mass is 10.0. The smallest absolute Gasteiger partial charge is 0.224 e. The highest BCUT2D eigenvalue weighted by Crippen LogP contribution is 2.31. The van der Waals surface area contributed by atoms with Crippen LogP contribution in [0.4, 0.5) is 4.39 Å². The number of nitrogens with one attached hydrogen (secondary N) is 2. The third-order valence-corrected chi connectivity index (χ3v) is 5.90. The molecule has 1 aromatic heterocycles. The molecule has 4 rings (SSSR count). The minimum absolute atomic E-state index is 0.101. The van der Waals surface area contributed by atoms with E-state index in [-0.39, 0.29) is 24.1 Å². The number of nitrogens with zero attached hydrogens (tertiary/aromatic N) is 1. The Morgan fingerprint density at radius 3 is 2.55 bits per heavy atom. The van der Waals surface area contributed by atoms with Gasteiger partial charge in [0.05, 0.1) is 0 Å². The summed E-state index contributed by atoms with van der Waals surface area (Å²) >= 11 is 0. The Bertz CT molecular complexity index is 1060. The van der Waals surface area contributed by atoms with Gasteiger partial charge < -0.3 is 15.2 Å². The van der Waals surface area contributed by atoms with E-state index in [2.05, 4.69) is 10.3 Å². The quantitative estimate of drug-likeness (QED) is 0.593. The first-order chi connectivity index (χ1) is 15.1. The van der Waals surface area contributed by atoms with E-state index in [1.807, 2.05) is 35.2 Å². The van der Waals surface area contributed by atoms with Crippen LogP contribution in [-0.2, 0) is 16.0 Å². The van der Waals surface area contributed by atoms with Crippen LogP contribution >= 0.6 is 0 Å². The maximum Gasteiger partial charge on any atom is 0.224 e. The van der Waals surface area contributed by atoms with Crippen molar-refractivity contribution in [3.63, 3.8) is 0 Å². The Kier molecular flexibility index (Phi) is 6.65. The van der Waals surface area contributed by atoms with Crippen molar-refractivity contribution in [2.45, 2.75) is 38.5 Å². The number of hydrogen-bond acceptors (Lipinski definition) is 2. The number of piperidine rings is 1. The molecule has 0 atom stereocenters. The number of aromatic amines is 1. The molecule has 5 nitrogen and oxygen atoms in total. The van der Waals surface area contributed by atoms with Gasteiger partial charge in [0.15, 0.2) is 0 Å². The number of aromatic nitrogens is 1. The zero-order valence-electron chi connectivity index (χ0n) is 17.6. The van der Waals surface area contributed by atoms with Gasteiger partial charge in [0, 0.05) is 49.1 Å². The van der Waals surface area contributed by atoms with Crippen LogP contribution in [0.2, 0.25) is 0 Å². The van der Waals surface area contributed by atoms with Gasteiger partial charge in [-0.05, 0) is 55.0 Å². The summed E-state index contributed by atoms with van der Waals surface area (Å²) in [5.41, 5.74) is 3.69. The fraction of sp³-hybridized carbons (Fsp3) is 0.360. The second-order valence-corrected chi connectivity index (χ2v) is 8.08. The first-order valence-corrected chi connectivity index (χ1v) is 11.0. The van der Waals surface area contributed by atoms with Crippen molar-refractivity contribution in [2.75, 3.05) is 19.6 Å². The number of aryl methyl sites for hydroxylation is 1. The number of fused-ring (bicyclic) bond motifs is 1. The van der Waals surface area contributed by atoms with Crippen LogP contribution in [0.25, 0.3) is 22.2 Å². The highest BCUT2D eigenvalue weighted by Gasteiger charge is 2.17. The summed E-state index contributed by atoms with van der Waals surface area (Å²) < 4.78 is 13.9. The molecule has 0 unspecified atom stereocenters. The Morgan fingerprint density at radius 1 is 1.00 bits per heavy atom. The highest BCUT2D eigenvalue weighted by molar-refractivity contribution is 5.91. The van der Waals surface area contributed by atoms with E-state index in [1.165, 1.54) is 18.6 Å². The molecular weight excluding hydrogens is 393 g/mol. The summed E-state index contributed by atoms with van der Waals surface area (Å²) in [6.07, 6.45) is 4.41. The molecule has 0 spiro atoms. The Hall–Kier alpha value is -3.15. The summed E-state index contributed by atoms with van der Waals surface area (Å²) in [6, 6.07) is 14.5. The minimum Gasteiger partial charge on any atom is -0.356 e. The first kappa shape index (κ1) is 21.1. The largest absolute Gasteiger partial charge is 0.356 e. The van der Waals surface area contributed by atoms with E-state index in [0.717, 1.165) is 53.7 Å². The molecule has 2 amide bonds. The second kappa shape index (κ2) is 9.77.